The van der Waals surface area contributed by atoms with Crippen LogP contribution < -0.4 is 20.3 Å². The van der Waals surface area contributed by atoms with E-state index in [4.69, 9.17) is 17.0 Å². The summed E-state index contributed by atoms with van der Waals surface area (Å²) < 4.78 is 5.35. The van der Waals surface area contributed by atoms with Crippen molar-refractivity contribution in [3.63, 3.8) is 0 Å². The lowest BCUT2D eigenvalue weighted by Gasteiger charge is -2.22. The highest BCUT2D eigenvalue weighted by Gasteiger charge is 2.14. The minimum Gasteiger partial charge on any atom is -0.481 e. The SMILES string of the molecule is COc1cc(N2CCCCCC2)nc(NC(=S)NCc2ccccc2)n1. The van der Waals surface area contributed by atoms with Gasteiger partial charge >= 0.3 is 0 Å². The van der Waals surface area contributed by atoms with Crippen molar-refractivity contribution in [3.05, 3.63) is 42.0 Å². The number of benzene rings is 1. The van der Waals surface area contributed by atoms with Gasteiger partial charge in [-0.05, 0) is 30.6 Å². The van der Waals surface area contributed by atoms with E-state index in [9.17, 15) is 0 Å². The molecule has 0 bridgehead atoms. The first-order valence-electron chi connectivity index (χ1n) is 9.01. The third kappa shape index (κ3) is 5.29. The maximum atomic E-state index is 5.38. The molecule has 1 aromatic carbocycles. The molecule has 7 heteroatoms. The lowest BCUT2D eigenvalue weighted by Crippen LogP contribution is -2.30. The van der Waals surface area contributed by atoms with Gasteiger partial charge in [-0.1, -0.05) is 43.2 Å². The van der Waals surface area contributed by atoms with Crippen molar-refractivity contribution in [3.8, 4) is 5.88 Å². The highest BCUT2D eigenvalue weighted by atomic mass is 32.1. The highest BCUT2D eigenvalue weighted by Crippen LogP contribution is 2.22. The molecule has 0 unspecified atom stereocenters. The number of hydrogen-bond donors (Lipinski definition) is 2. The quantitative estimate of drug-likeness (QED) is 0.782. The second-order valence-electron chi connectivity index (χ2n) is 6.29. The molecule has 2 aromatic rings. The molecule has 1 aromatic heterocycles. The summed E-state index contributed by atoms with van der Waals surface area (Å²) in [7, 11) is 1.62. The average molecular weight is 372 g/mol. The largest absolute Gasteiger partial charge is 0.481 e. The van der Waals surface area contributed by atoms with Gasteiger partial charge in [0.1, 0.15) is 5.82 Å². The van der Waals surface area contributed by atoms with Crippen molar-refractivity contribution in [1.29, 1.82) is 0 Å². The molecule has 3 rings (SSSR count). The van der Waals surface area contributed by atoms with Crippen LogP contribution in [-0.4, -0.2) is 35.3 Å². The van der Waals surface area contributed by atoms with E-state index < -0.39 is 0 Å². The van der Waals surface area contributed by atoms with Gasteiger partial charge in [0.05, 0.1) is 7.11 Å². The maximum Gasteiger partial charge on any atom is 0.234 e. The first kappa shape index (κ1) is 18.4. The normalized spacial score (nSPS) is 14.4. The summed E-state index contributed by atoms with van der Waals surface area (Å²) in [4.78, 5) is 11.3. The molecule has 0 radical (unpaired) electrons. The number of nitrogens with one attached hydrogen (secondary N) is 2. The minimum atomic E-state index is 0.453. The Balaban J connectivity index is 1.66. The number of nitrogens with zero attached hydrogens (tertiary/aromatic N) is 3. The number of aromatic nitrogens is 2. The summed E-state index contributed by atoms with van der Waals surface area (Å²) >= 11 is 5.38. The van der Waals surface area contributed by atoms with Crippen LogP contribution in [0.2, 0.25) is 0 Å². The van der Waals surface area contributed by atoms with Gasteiger partial charge in [-0.25, -0.2) is 0 Å². The van der Waals surface area contributed by atoms with Crippen LogP contribution in [0.3, 0.4) is 0 Å². The third-order valence-corrected chi connectivity index (χ3v) is 4.60. The molecule has 138 valence electrons. The Morgan fingerprint density at radius 2 is 1.85 bits per heavy atom. The van der Waals surface area contributed by atoms with Crippen LogP contribution in [0.15, 0.2) is 36.4 Å². The average Bonchev–Trinajstić information content (AvgIpc) is 2.96. The Morgan fingerprint density at radius 3 is 2.54 bits per heavy atom. The van der Waals surface area contributed by atoms with Gasteiger partial charge in [0.25, 0.3) is 0 Å². The van der Waals surface area contributed by atoms with E-state index in [2.05, 4.69) is 37.6 Å². The maximum absolute atomic E-state index is 5.38. The summed E-state index contributed by atoms with van der Waals surface area (Å²) in [5.74, 6) is 1.87. The monoisotopic (exact) mass is 371 g/mol. The van der Waals surface area contributed by atoms with Crippen LogP contribution in [0.1, 0.15) is 31.2 Å². The predicted molar refractivity (Wildman–Crippen MR) is 109 cm³/mol. The van der Waals surface area contributed by atoms with E-state index in [1.807, 2.05) is 24.3 Å². The minimum absolute atomic E-state index is 0.453. The fourth-order valence-corrected chi connectivity index (χ4v) is 3.12. The van der Waals surface area contributed by atoms with Crippen LogP contribution in [-0.2, 0) is 6.54 Å². The van der Waals surface area contributed by atoms with Crippen LogP contribution in [0.4, 0.5) is 11.8 Å². The summed E-state index contributed by atoms with van der Waals surface area (Å²) in [5.41, 5.74) is 1.16. The Hall–Kier alpha value is -2.41. The molecular formula is C19H25N5OS. The standard InChI is InChI=1S/C19H25N5OS/c1-25-17-13-16(24-11-7-2-3-8-12-24)21-18(22-17)23-19(26)20-14-15-9-5-4-6-10-15/h4-6,9-10,13H,2-3,7-8,11-12,14H2,1H3,(H2,20,21,22,23,26). The lowest BCUT2D eigenvalue weighted by molar-refractivity contribution is 0.397. The van der Waals surface area contributed by atoms with Crippen LogP contribution in [0.25, 0.3) is 0 Å². The number of ether oxygens (including phenoxy) is 1. The topological polar surface area (TPSA) is 62.3 Å². The van der Waals surface area contributed by atoms with Crippen LogP contribution in [0, 0.1) is 0 Å². The number of hydrogen-bond acceptors (Lipinski definition) is 5. The van der Waals surface area contributed by atoms with Gasteiger partial charge in [0.2, 0.25) is 11.8 Å². The first-order valence-corrected chi connectivity index (χ1v) is 9.42. The molecule has 2 heterocycles. The third-order valence-electron chi connectivity index (χ3n) is 4.35. The van der Waals surface area contributed by atoms with Crippen molar-refractivity contribution in [2.75, 3.05) is 30.4 Å². The van der Waals surface area contributed by atoms with Crippen molar-refractivity contribution < 1.29 is 4.74 Å². The molecule has 0 amide bonds. The van der Waals surface area contributed by atoms with Crippen molar-refractivity contribution in [2.45, 2.75) is 32.2 Å². The second kappa shape index (κ2) is 9.33. The fourth-order valence-electron chi connectivity index (χ4n) is 2.96. The molecule has 0 spiro atoms. The van der Waals surface area contributed by atoms with Crippen molar-refractivity contribution in [1.82, 2.24) is 15.3 Å². The van der Waals surface area contributed by atoms with Gasteiger partial charge in [-0.15, -0.1) is 0 Å². The molecule has 0 atom stereocenters. The van der Waals surface area contributed by atoms with E-state index in [0.29, 0.717) is 23.5 Å². The van der Waals surface area contributed by atoms with Gasteiger partial charge in [0.15, 0.2) is 5.11 Å². The van der Waals surface area contributed by atoms with Gasteiger partial charge in [0, 0.05) is 25.7 Å². The summed E-state index contributed by atoms with van der Waals surface area (Å²) in [6.45, 7) is 2.67. The van der Waals surface area contributed by atoms with E-state index in [0.717, 1.165) is 24.5 Å². The number of anilines is 2. The summed E-state index contributed by atoms with van der Waals surface area (Å²) in [6.07, 6.45) is 4.92. The molecule has 0 aliphatic carbocycles. The van der Waals surface area contributed by atoms with Crippen LogP contribution in [0.5, 0.6) is 5.88 Å². The Labute approximate surface area is 160 Å². The van der Waals surface area contributed by atoms with Crippen LogP contribution >= 0.6 is 12.2 Å². The zero-order chi connectivity index (χ0) is 18.2. The molecule has 1 saturated heterocycles. The molecule has 2 N–H and O–H groups in total. The Morgan fingerprint density at radius 1 is 1.12 bits per heavy atom. The summed E-state index contributed by atoms with van der Waals surface area (Å²) in [5, 5.41) is 6.74. The summed E-state index contributed by atoms with van der Waals surface area (Å²) in [6, 6.07) is 12.0. The van der Waals surface area contributed by atoms with E-state index in [1.165, 1.54) is 25.7 Å². The lowest BCUT2D eigenvalue weighted by atomic mass is 10.2. The second-order valence-corrected chi connectivity index (χ2v) is 6.69. The molecule has 6 nitrogen and oxygen atoms in total. The first-order chi connectivity index (χ1) is 12.7. The predicted octanol–water partition coefficient (Wildman–Crippen LogP) is 3.35. The zero-order valence-corrected chi connectivity index (χ0v) is 15.9. The van der Waals surface area contributed by atoms with Gasteiger partial charge in [-0.3, -0.25) is 0 Å². The fraction of sp³-hybridized carbons (Fsp3) is 0.421. The van der Waals surface area contributed by atoms with E-state index in [-0.39, 0.29) is 0 Å². The van der Waals surface area contributed by atoms with Gasteiger partial charge in [-0.2, -0.15) is 9.97 Å². The smallest absolute Gasteiger partial charge is 0.234 e. The Kier molecular flexibility index (Phi) is 6.60. The van der Waals surface area contributed by atoms with Crippen molar-refractivity contribution >= 4 is 29.1 Å². The number of rotatable bonds is 5. The number of methoxy groups -OCH3 is 1. The molecule has 1 aliphatic rings. The van der Waals surface area contributed by atoms with E-state index >= 15 is 0 Å². The molecular weight excluding hydrogens is 346 g/mol. The Bertz CT molecular complexity index is 717. The van der Waals surface area contributed by atoms with Gasteiger partial charge < -0.3 is 20.3 Å². The zero-order valence-electron chi connectivity index (χ0n) is 15.1. The van der Waals surface area contributed by atoms with E-state index in [1.54, 1.807) is 7.11 Å². The number of thiocarbonyl (C=S) groups is 1. The molecule has 1 fully saturated rings. The molecule has 1 aliphatic heterocycles. The van der Waals surface area contributed by atoms with Crippen molar-refractivity contribution in [2.24, 2.45) is 0 Å². The highest BCUT2D eigenvalue weighted by molar-refractivity contribution is 7.80. The molecule has 0 saturated carbocycles. The molecule has 26 heavy (non-hydrogen) atoms.